The number of carbonyl (C=O) groups excluding carboxylic acids is 1. The molecule has 7 heteroatoms. The maximum atomic E-state index is 13.7. The van der Waals surface area contributed by atoms with E-state index in [2.05, 4.69) is 40.1 Å². The van der Waals surface area contributed by atoms with Crippen molar-refractivity contribution in [3.05, 3.63) is 94.9 Å². The molecule has 5 rings (SSSR count). The van der Waals surface area contributed by atoms with Crippen LogP contribution >= 0.6 is 0 Å². The third-order valence-electron chi connectivity index (χ3n) is 7.09. The number of benzene rings is 2. The van der Waals surface area contributed by atoms with E-state index in [0.29, 0.717) is 23.7 Å². The van der Waals surface area contributed by atoms with Crippen molar-refractivity contribution in [1.82, 2.24) is 14.9 Å². The van der Waals surface area contributed by atoms with E-state index in [-0.39, 0.29) is 18.4 Å². The van der Waals surface area contributed by atoms with Crippen LogP contribution in [0.1, 0.15) is 72.8 Å². The van der Waals surface area contributed by atoms with Crippen LogP contribution < -0.4 is 10.6 Å². The van der Waals surface area contributed by atoms with Crippen molar-refractivity contribution >= 4 is 22.5 Å². The largest absolute Gasteiger partial charge is 0.382 e. The van der Waals surface area contributed by atoms with Crippen molar-refractivity contribution in [2.24, 2.45) is 0 Å². The van der Waals surface area contributed by atoms with Gasteiger partial charge >= 0.3 is 0 Å². The molecule has 0 saturated heterocycles. The average Bonchev–Trinajstić information content (AvgIpc) is 3.51. The van der Waals surface area contributed by atoms with Crippen LogP contribution in [0.2, 0.25) is 0 Å². The maximum Gasteiger partial charge on any atom is 0.254 e. The Bertz CT molecular complexity index is 1410. The number of pyridine rings is 1. The minimum absolute atomic E-state index is 0.0615. The summed E-state index contributed by atoms with van der Waals surface area (Å²) in [5, 5.41) is 7.46. The van der Waals surface area contributed by atoms with Gasteiger partial charge in [0.15, 0.2) is 11.6 Å². The van der Waals surface area contributed by atoms with Crippen molar-refractivity contribution in [2.45, 2.75) is 64.6 Å². The fourth-order valence-corrected chi connectivity index (χ4v) is 5.35. The predicted molar refractivity (Wildman–Crippen MR) is 143 cm³/mol. The lowest BCUT2D eigenvalue weighted by Gasteiger charge is -2.16. The Hall–Kier alpha value is -3.74. The van der Waals surface area contributed by atoms with E-state index in [1.807, 2.05) is 30.3 Å². The molecule has 0 atom stereocenters. The minimum atomic E-state index is -0.927. The molecule has 2 N–H and O–H groups in total. The van der Waals surface area contributed by atoms with Crippen molar-refractivity contribution in [2.75, 3.05) is 5.32 Å². The number of hydrogen-bond donors (Lipinski definition) is 2. The number of hydrogen-bond acceptors (Lipinski definition) is 3. The molecule has 2 aromatic heterocycles. The fourth-order valence-electron chi connectivity index (χ4n) is 5.35. The van der Waals surface area contributed by atoms with Crippen LogP contribution in [0.25, 0.3) is 10.9 Å². The summed E-state index contributed by atoms with van der Waals surface area (Å²) in [6.07, 6.45) is 6.60. The number of halogens is 2. The monoisotopic (exact) mass is 502 g/mol. The zero-order valence-electron chi connectivity index (χ0n) is 21.2. The molecule has 0 aliphatic heterocycles. The van der Waals surface area contributed by atoms with Crippen LogP contribution in [0.3, 0.4) is 0 Å². The van der Waals surface area contributed by atoms with Crippen LogP contribution in [0, 0.1) is 11.6 Å². The Kier molecular flexibility index (Phi) is 7.22. The van der Waals surface area contributed by atoms with Crippen LogP contribution in [0.5, 0.6) is 0 Å². The van der Waals surface area contributed by atoms with Crippen LogP contribution in [0.15, 0.2) is 60.8 Å². The van der Waals surface area contributed by atoms with Gasteiger partial charge in [0.05, 0.1) is 23.3 Å². The smallest absolute Gasteiger partial charge is 0.254 e. The van der Waals surface area contributed by atoms with Crippen molar-refractivity contribution in [1.29, 1.82) is 0 Å². The second-order valence-electron chi connectivity index (χ2n) is 10.1. The van der Waals surface area contributed by atoms with Crippen molar-refractivity contribution < 1.29 is 13.6 Å². The number of nitrogens with zero attached hydrogens (tertiary/aromatic N) is 2. The highest BCUT2D eigenvalue weighted by molar-refractivity contribution is 6.09. The predicted octanol–water partition coefficient (Wildman–Crippen LogP) is 6.77. The molecule has 2 heterocycles. The molecule has 1 aliphatic carbocycles. The molecule has 0 spiro atoms. The molecular formula is C30H32F2N4O. The Morgan fingerprint density at radius 3 is 2.57 bits per heavy atom. The zero-order chi connectivity index (χ0) is 25.9. The highest BCUT2D eigenvalue weighted by Gasteiger charge is 2.25. The number of anilines is 1. The molecule has 4 aromatic rings. The van der Waals surface area contributed by atoms with Crippen LogP contribution in [-0.2, 0) is 13.1 Å². The number of nitrogens with one attached hydrogen (secondary N) is 2. The summed E-state index contributed by atoms with van der Waals surface area (Å²) in [6.45, 7) is 4.79. The summed E-state index contributed by atoms with van der Waals surface area (Å²) in [5.74, 6) is -2.01. The third kappa shape index (κ3) is 5.36. The fraction of sp³-hybridized carbons (Fsp3) is 0.333. The third-order valence-corrected chi connectivity index (χ3v) is 7.09. The topological polar surface area (TPSA) is 59.0 Å². The molecule has 2 aromatic carbocycles. The van der Waals surface area contributed by atoms with Gasteiger partial charge in [0.25, 0.3) is 5.91 Å². The molecule has 1 saturated carbocycles. The molecule has 0 bridgehead atoms. The van der Waals surface area contributed by atoms with Gasteiger partial charge in [-0.15, -0.1) is 0 Å². The summed E-state index contributed by atoms with van der Waals surface area (Å²) >= 11 is 0. The second kappa shape index (κ2) is 10.7. The van der Waals surface area contributed by atoms with E-state index in [1.165, 1.54) is 31.7 Å². The van der Waals surface area contributed by atoms with Crippen LogP contribution in [0.4, 0.5) is 14.5 Å². The Balaban J connectivity index is 1.55. The molecule has 0 unspecified atom stereocenters. The van der Waals surface area contributed by atoms with E-state index in [4.69, 9.17) is 0 Å². The quantitative estimate of drug-likeness (QED) is 0.280. The highest BCUT2D eigenvalue weighted by atomic mass is 19.2. The van der Waals surface area contributed by atoms with Gasteiger partial charge in [-0.05, 0) is 66.8 Å². The summed E-state index contributed by atoms with van der Waals surface area (Å²) in [6, 6.07) is 16.2. The summed E-state index contributed by atoms with van der Waals surface area (Å²) in [4.78, 5) is 18.1. The van der Waals surface area contributed by atoms with Gasteiger partial charge in [-0.2, -0.15) is 0 Å². The first-order valence-corrected chi connectivity index (χ1v) is 13.0. The molecule has 192 valence electrons. The summed E-state index contributed by atoms with van der Waals surface area (Å²) in [7, 11) is 0. The van der Waals surface area contributed by atoms with Gasteiger partial charge < -0.3 is 15.2 Å². The summed E-state index contributed by atoms with van der Waals surface area (Å²) in [5.41, 5.74) is 4.94. The normalized spacial score (nSPS) is 14.0. The van der Waals surface area contributed by atoms with E-state index in [0.717, 1.165) is 40.1 Å². The average molecular weight is 503 g/mol. The number of amides is 1. The SMILES string of the molecule is CC(C)c1c(C(=O)NCc2ccc(F)c(F)c2)c2ccc(NC3CCCC3)cc2n1Cc1ccccn1. The molecule has 37 heavy (non-hydrogen) atoms. The van der Waals surface area contributed by atoms with Gasteiger partial charge in [0, 0.05) is 35.6 Å². The Labute approximate surface area is 215 Å². The highest BCUT2D eigenvalue weighted by Crippen LogP contribution is 2.34. The van der Waals surface area contributed by atoms with Gasteiger partial charge in [0.2, 0.25) is 0 Å². The van der Waals surface area contributed by atoms with E-state index >= 15 is 0 Å². The zero-order valence-corrected chi connectivity index (χ0v) is 21.2. The number of rotatable bonds is 8. The van der Waals surface area contributed by atoms with Crippen molar-refractivity contribution in [3.63, 3.8) is 0 Å². The Morgan fingerprint density at radius 1 is 1.05 bits per heavy atom. The van der Waals surface area contributed by atoms with E-state index in [9.17, 15) is 13.6 Å². The number of carbonyl (C=O) groups is 1. The lowest BCUT2D eigenvalue weighted by atomic mass is 10.0. The maximum absolute atomic E-state index is 13.7. The lowest BCUT2D eigenvalue weighted by molar-refractivity contribution is 0.0951. The van der Waals surface area contributed by atoms with Gasteiger partial charge in [-0.3, -0.25) is 9.78 Å². The number of aromatic nitrogens is 2. The molecule has 1 amide bonds. The Morgan fingerprint density at radius 2 is 1.86 bits per heavy atom. The molecule has 1 fully saturated rings. The van der Waals surface area contributed by atoms with Gasteiger partial charge in [-0.25, -0.2) is 8.78 Å². The van der Waals surface area contributed by atoms with Gasteiger partial charge in [-0.1, -0.05) is 38.8 Å². The van der Waals surface area contributed by atoms with Crippen molar-refractivity contribution in [3.8, 4) is 0 Å². The molecular weight excluding hydrogens is 470 g/mol. The molecule has 5 nitrogen and oxygen atoms in total. The summed E-state index contributed by atoms with van der Waals surface area (Å²) < 4.78 is 29.2. The minimum Gasteiger partial charge on any atom is -0.382 e. The molecule has 0 radical (unpaired) electrons. The lowest BCUT2D eigenvalue weighted by Crippen LogP contribution is -2.24. The van der Waals surface area contributed by atoms with Gasteiger partial charge in [0.1, 0.15) is 0 Å². The standard InChI is InChI=1S/C30H32F2N4O/c1-19(2)29-28(30(37)34-17-20-10-13-25(31)26(32)15-20)24-12-11-22(35-21-7-3-4-8-21)16-27(24)36(29)18-23-9-5-6-14-33-23/h5-6,9-16,19,21,35H,3-4,7-8,17-18H2,1-2H3,(H,34,37). The second-order valence-corrected chi connectivity index (χ2v) is 10.1. The van der Waals surface area contributed by atoms with E-state index < -0.39 is 11.6 Å². The molecule has 1 aliphatic rings. The first-order chi connectivity index (χ1) is 17.9. The number of fused-ring (bicyclic) bond motifs is 1. The van der Waals surface area contributed by atoms with E-state index in [1.54, 1.807) is 6.20 Å². The van der Waals surface area contributed by atoms with Crippen LogP contribution in [-0.4, -0.2) is 21.5 Å². The first kappa shape index (κ1) is 24.9. The first-order valence-electron chi connectivity index (χ1n) is 13.0.